The first-order chi connectivity index (χ1) is 28.2. The van der Waals surface area contributed by atoms with Crippen LogP contribution >= 0.6 is 0 Å². The molecular weight excluding hydrogens is 699 g/mol. The maximum absolute atomic E-state index is 6.68. The molecule has 0 fully saturated rings. The standard InChI is InChI=1S/C53H29NO3/c1-2-10-30(11-3-1)32-22-27-48-45(28-32)54-53(57-48)44-29-43(42-17-9-16-41-35-13-5-7-19-47(35)56-52(41)42)37-24-21-31-20-23-33(36-25-26-38(44)50(37)49(31)36)39-14-8-15-40-34-12-4-6-18-46(34)55-51(39)40/h1-29H. The number of benzene rings is 10. The lowest BCUT2D eigenvalue weighted by Gasteiger charge is -2.18. The van der Waals surface area contributed by atoms with Crippen LogP contribution in [0.3, 0.4) is 0 Å². The van der Waals surface area contributed by atoms with E-state index in [0.29, 0.717) is 5.89 Å². The average Bonchev–Trinajstić information content (AvgIpc) is 3.99. The molecule has 0 saturated heterocycles. The lowest BCUT2D eigenvalue weighted by Crippen LogP contribution is -1.93. The van der Waals surface area contributed by atoms with E-state index in [9.17, 15) is 0 Å². The summed E-state index contributed by atoms with van der Waals surface area (Å²) in [4.78, 5) is 5.20. The maximum Gasteiger partial charge on any atom is 0.227 e. The number of nitrogens with zero attached hydrogens (tertiary/aromatic N) is 1. The molecule has 4 heteroatoms. The average molecular weight is 728 g/mol. The SMILES string of the molecule is c1ccc(-c2ccc3oc(-c4cc(-c5cccc6c5oc5ccccc56)c5ccc6ccc(-c7cccc8c7oc7ccccc78)c7ccc4c5c67)nc3c2)cc1. The quantitative estimate of drug-likeness (QED) is 0.169. The van der Waals surface area contributed by atoms with Crippen molar-refractivity contribution in [3.8, 4) is 44.8 Å². The zero-order chi connectivity index (χ0) is 37.2. The number of hydrogen-bond donors (Lipinski definition) is 0. The highest BCUT2D eigenvalue weighted by Crippen LogP contribution is 2.49. The first-order valence-corrected chi connectivity index (χ1v) is 19.3. The summed E-state index contributed by atoms with van der Waals surface area (Å²) >= 11 is 0. The Balaban J connectivity index is 1.13. The van der Waals surface area contributed by atoms with Crippen LogP contribution in [0.25, 0.3) is 132 Å². The van der Waals surface area contributed by atoms with Crippen molar-refractivity contribution in [2.45, 2.75) is 0 Å². The van der Waals surface area contributed by atoms with E-state index >= 15 is 0 Å². The first-order valence-electron chi connectivity index (χ1n) is 19.3. The van der Waals surface area contributed by atoms with Crippen molar-refractivity contribution in [3.63, 3.8) is 0 Å². The van der Waals surface area contributed by atoms with Gasteiger partial charge in [0.25, 0.3) is 0 Å². The highest BCUT2D eigenvalue weighted by molar-refractivity contribution is 6.31. The van der Waals surface area contributed by atoms with Crippen LogP contribution in [0, 0.1) is 0 Å². The van der Waals surface area contributed by atoms with Crippen LogP contribution in [-0.4, -0.2) is 4.98 Å². The molecule has 57 heavy (non-hydrogen) atoms. The summed E-state index contributed by atoms with van der Waals surface area (Å²) in [7, 11) is 0. The maximum atomic E-state index is 6.68. The van der Waals surface area contributed by atoms with Crippen LogP contribution in [0.5, 0.6) is 0 Å². The summed E-state index contributed by atoms with van der Waals surface area (Å²) < 4.78 is 19.9. The highest BCUT2D eigenvalue weighted by atomic mass is 16.3. The van der Waals surface area contributed by atoms with E-state index < -0.39 is 0 Å². The fourth-order valence-electron chi connectivity index (χ4n) is 9.30. The van der Waals surface area contributed by atoms with Crippen molar-refractivity contribution in [2.75, 3.05) is 0 Å². The first kappa shape index (κ1) is 30.6. The molecule has 0 unspecified atom stereocenters. The van der Waals surface area contributed by atoms with Crippen molar-refractivity contribution in [3.05, 3.63) is 176 Å². The number of hydrogen-bond acceptors (Lipinski definition) is 4. The van der Waals surface area contributed by atoms with Crippen LogP contribution in [-0.2, 0) is 0 Å². The van der Waals surface area contributed by atoms with Crippen LogP contribution in [0.2, 0.25) is 0 Å². The van der Waals surface area contributed by atoms with Gasteiger partial charge in [-0.1, -0.05) is 146 Å². The van der Waals surface area contributed by atoms with Gasteiger partial charge in [-0.25, -0.2) is 4.98 Å². The molecule has 0 aliphatic heterocycles. The molecule has 0 radical (unpaired) electrons. The lowest BCUT2D eigenvalue weighted by atomic mass is 9.85. The highest BCUT2D eigenvalue weighted by Gasteiger charge is 2.24. The molecule has 0 aliphatic rings. The fourth-order valence-corrected chi connectivity index (χ4v) is 9.30. The Morgan fingerprint density at radius 2 is 0.912 bits per heavy atom. The predicted molar refractivity (Wildman–Crippen MR) is 234 cm³/mol. The van der Waals surface area contributed by atoms with Crippen molar-refractivity contribution in [1.29, 1.82) is 0 Å². The van der Waals surface area contributed by atoms with Gasteiger partial charge in [0, 0.05) is 38.2 Å². The molecule has 264 valence electrons. The molecule has 13 aromatic rings. The molecule has 13 rings (SSSR count). The zero-order valence-electron chi connectivity index (χ0n) is 30.4. The minimum atomic E-state index is 0.582. The monoisotopic (exact) mass is 727 g/mol. The number of fused-ring (bicyclic) bond motifs is 7. The van der Waals surface area contributed by atoms with Gasteiger partial charge in [0.05, 0.1) is 0 Å². The Morgan fingerprint density at radius 1 is 0.316 bits per heavy atom. The van der Waals surface area contributed by atoms with E-state index in [-0.39, 0.29) is 0 Å². The number of rotatable bonds is 4. The van der Waals surface area contributed by atoms with Gasteiger partial charge in [0.15, 0.2) is 5.58 Å². The van der Waals surface area contributed by atoms with Crippen LogP contribution in [0.1, 0.15) is 0 Å². The van der Waals surface area contributed by atoms with E-state index in [1.807, 2.05) is 36.4 Å². The normalized spacial score (nSPS) is 12.2. The molecule has 3 aromatic heterocycles. The van der Waals surface area contributed by atoms with E-state index in [2.05, 4.69) is 140 Å². The van der Waals surface area contributed by atoms with Crippen molar-refractivity contribution in [2.24, 2.45) is 0 Å². The van der Waals surface area contributed by atoms with Gasteiger partial charge in [-0.3, -0.25) is 0 Å². The van der Waals surface area contributed by atoms with Gasteiger partial charge in [-0.15, -0.1) is 0 Å². The lowest BCUT2D eigenvalue weighted by molar-refractivity contribution is 0.620. The summed E-state index contributed by atoms with van der Waals surface area (Å²) in [6.45, 7) is 0. The van der Waals surface area contributed by atoms with Crippen LogP contribution in [0.4, 0.5) is 0 Å². The topological polar surface area (TPSA) is 52.3 Å². The Hall–Kier alpha value is -7.69. The molecule has 3 heterocycles. The van der Waals surface area contributed by atoms with Gasteiger partial charge >= 0.3 is 0 Å². The van der Waals surface area contributed by atoms with Gasteiger partial charge < -0.3 is 13.3 Å². The largest absolute Gasteiger partial charge is 0.455 e. The molecule has 10 aromatic carbocycles. The molecule has 4 nitrogen and oxygen atoms in total. The molecular formula is C53H29NO3. The third kappa shape index (κ3) is 4.35. The molecule has 0 saturated carbocycles. The van der Waals surface area contributed by atoms with E-state index in [1.54, 1.807) is 0 Å². The second kappa shape index (κ2) is 11.4. The number of oxazole rings is 1. The number of furan rings is 2. The molecule has 0 amide bonds. The fraction of sp³-hybridized carbons (Fsp3) is 0. The van der Waals surface area contributed by atoms with Crippen molar-refractivity contribution < 1.29 is 13.3 Å². The summed E-state index contributed by atoms with van der Waals surface area (Å²) in [5.41, 5.74) is 12.5. The third-order valence-electron chi connectivity index (χ3n) is 11.9. The number of aromatic nitrogens is 1. The van der Waals surface area contributed by atoms with Crippen molar-refractivity contribution >= 4 is 87.3 Å². The Kier molecular flexibility index (Phi) is 6.13. The zero-order valence-corrected chi connectivity index (χ0v) is 30.4. The minimum Gasteiger partial charge on any atom is -0.455 e. The molecule has 0 aliphatic carbocycles. The summed E-state index contributed by atoms with van der Waals surface area (Å²) in [6.07, 6.45) is 0. The number of para-hydroxylation sites is 4. The Morgan fingerprint density at radius 3 is 1.65 bits per heavy atom. The van der Waals surface area contributed by atoms with Gasteiger partial charge in [0.2, 0.25) is 5.89 Å². The van der Waals surface area contributed by atoms with Gasteiger partial charge in [-0.05, 0) is 84.9 Å². The van der Waals surface area contributed by atoms with Crippen LogP contribution < -0.4 is 0 Å². The van der Waals surface area contributed by atoms with E-state index in [4.69, 9.17) is 18.2 Å². The molecule has 0 bridgehead atoms. The van der Waals surface area contributed by atoms with Gasteiger partial charge in [-0.2, -0.15) is 0 Å². The molecule has 0 spiro atoms. The summed E-state index contributed by atoms with van der Waals surface area (Å²) in [6, 6.07) is 61.9. The summed E-state index contributed by atoms with van der Waals surface area (Å²) in [5.74, 6) is 0.582. The Labute approximate surface area is 325 Å². The van der Waals surface area contributed by atoms with Gasteiger partial charge in [0.1, 0.15) is 27.8 Å². The molecule has 0 atom stereocenters. The smallest absolute Gasteiger partial charge is 0.227 e. The molecule has 0 N–H and O–H groups in total. The van der Waals surface area contributed by atoms with Crippen LogP contribution in [0.15, 0.2) is 189 Å². The third-order valence-corrected chi connectivity index (χ3v) is 11.9. The van der Waals surface area contributed by atoms with E-state index in [0.717, 1.165) is 115 Å². The van der Waals surface area contributed by atoms with E-state index in [1.165, 1.54) is 10.8 Å². The predicted octanol–water partition coefficient (Wildman–Crippen LogP) is 15.2. The Bertz CT molecular complexity index is 3750. The minimum absolute atomic E-state index is 0.582. The second-order valence-corrected chi connectivity index (χ2v) is 15.0. The summed E-state index contributed by atoms with van der Waals surface area (Å²) in [5, 5.41) is 11.3. The van der Waals surface area contributed by atoms with Crippen molar-refractivity contribution in [1.82, 2.24) is 4.98 Å². The second-order valence-electron chi connectivity index (χ2n) is 15.0.